The van der Waals surface area contributed by atoms with Gasteiger partial charge in [0.1, 0.15) is 0 Å². The number of hydrogen-bond donors (Lipinski definition) is 0. The Bertz CT molecular complexity index is 456. The largest absolute Gasteiger partial charge is 0.469 e. The molecule has 1 aliphatic heterocycles. The third kappa shape index (κ3) is 3.02. The van der Waals surface area contributed by atoms with Crippen LogP contribution in [0.3, 0.4) is 0 Å². The van der Waals surface area contributed by atoms with E-state index in [2.05, 4.69) is 20.8 Å². The van der Waals surface area contributed by atoms with Gasteiger partial charge in [0.15, 0.2) is 0 Å². The predicted molar refractivity (Wildman–Crippen MR) is 95.6 cm³/mol. The number of ether oxygens (including phenoxy) is 2. The second-order valence-corrected chi connectivity index (χ2v) is 9.28. The normalized spacial score (nSPS) is 45.7. The van der Waals surface area contributed by atoms with E-state index in [1.54, 1.807) is 7.11 Å². The molecule has 1 unspecified atom stereocenters. The fourth-order valence-corrected chi connectivity index (χ4v) is 6.34. The summed E-state index contributed by atoms with van der Waals surface area (Å²) in [5.74, 6) is 2.27. The molecule has 0 bridgehead atoms. The summed E-state index contributed by atoms with van der Waals surface area (Å²) in [5.41, 5.74) is 0.473. The van der Waals surface area contributed by atoms with Crippen LogP contribution >= 0.6 is 0 Å². The van der Waals surface area contributed by atoms with Crippen molar-refractivity contribution in [2.45, 2.75) is 72.1 Å². The molecule has 0 spiro atoms. The summed E-state index contributed by atoms with van der Waals surface area (Å²) in [6.07, 6.45) is 9.71. The number of esters is 1. The van der Waals surface area contributed by atoms with Gasteiger partial charge in [-0.25, -0.2) is 0 Å². The summed E-state index contributed by atoms with van der Waals surface area (Å²) in [7, 11) is 1.56. The molecule has 6 atom stereocenters. The molecular formula is C21H36O3. The number of rotatable bonds is 4. The molecule has 2 aliphatic carbocycles. The van der Waals surface area contributed by atoms with E-state index in [0.717, 1.165) is 31.5 Å². The first-order valence-corrected chi connectivity index (χ1v) is 10.1. The zero-order valence-electron chi connectivity index (χ0n) is 16.1. The van der Waals surface area contributed by atoms with Crippen LogP contribution in [0.1, 0.15) is 72.1 Å². The maximum Gasteiger partial charge on any atom is 0.309 e. The van der Waals surface area contributed by atoms with Crippen molar-refractivity contribution in [3.8, 4) is 0 Å². The van der Waals surface area contributed by atoms with Gasteiger partial charge in [0.25, 0.3) is 0 Å². The summed E-state index contributed by atoms with van der Waals surface area (Å²) in [6.45, 7) is 9.27. The van der Waals surface area contributed by atoms with Crippen molar-refractivity contribution < 1.29 is 14.3 Å². The van der Waals surface area contributed by atoms with Crippen LogP contribution < -0.4 is 0 Å². The lowest BCUT2D eigenvalue weighted by atomic mass is 9.44. The van der Waals surface area contributed by atoms with Crippen LogP contribution in [0.4, 0.5) is 0 Å². The molecule has 24 heavy (non-hydrogen) atoms. The van der Waals surface area contributed by atoms with Crippen LogP contribution in [-0.2, 0) is 14.3 Å². The van der Waals surface area contributed by atoms with E-state index in [9.17, 15) is 4.79 Å². The smallest absolute Gasteiger partial charge is 0.309 e. The van der Waals surface area contributed by atoms with E-state index in [0.29, 0.717) is 11.3 Å². The number of carbonyl (C=O) groups excluding carboxylic acids is 1. The van der Waals surface area contributed by atoms with Gasteiger partial charge in [-0.15, -0.1) is 0 Å². The predicted octanol–water partition coefficient (Wildman–Crippen LogP) is 4.83. The molecule has 0 aromatic carbocycles. The molecule has 0 N–H and O–H groups in total. The fraction of sp³-hybridized carbons (Fsp3) is 0.952. The second-order valence-electron chi connectivity index (χ2n) is 9.28. The quantitative estimate of drug-likeness (QED) is 0.689. The maximum atomic E-state index is 12.4. The van der Waals surface area contributed by atoms with Crippen molar-refractivity contribution in [2.24, 2.45) is 34.5 Å². The van der Waals surface area contributed by atoms with Gasteiger partial charge >= 0.3 is 5.97 Å². The molecule has 138 valence electrons. The summed E-state index contributed by atoms with van der Waals surface area (Å²) < 4.78 is 10.8. The summed E-state index contributed by atoms with van der Waals surface area (Å²) in [5, 5.41) is 0. The van der Waals surface area contributed by atoms with Crippen molar-refractivity contribution >= 4 is 5.97 Å². The Balaban J connectivity index is 1.80. The Labute approximate surface area is 147 Å². The molecule has 3 aliphatic rings. The fourth-order valence-electron chi connectivity index (χ4n) is 6.34. The molecule has 0 aromatic rings. The molecule has 0 amide bonds. The van der Waals surface area contributed by atoms with Crippen molar-refractivity contribution in [2.75, 3.05) is 20.3 Å². The van der Waals surface area contributed by atoms with Crippen LogP contribution in [-0.4, -0.2) is 26.3 Å². The molecule has 2 saturated carbocycles. The van der Waals surface area contributed by atoms with Gasteiger partial charge in [-0.1, -0.05) is 27.2 Å². The van der Waals surface area contributed by atoms with Gasteiger partial charge in [-0.05, 0) is 73.5 Å². The Morgan fingerprint density at radius 1 is 1.21 bits per heavy atom. The van der Waals surface area contributed by atoms with Crippen LogP contribution in [0.25, 0.3) is 0 Å². The molecular weight excluding hydrogens is 300 g/mol. The first kappa shape index (κ1) is 18.2. The highest BCUT2D eigenvalue weighted by molar-refractivity contribution is 5.73. The minimum Gasteiger partial charge on any atom is -0.469 e. The Hall–Kier alpha value is -0.570. The van der Waals surface area contributed by atoms with E-state index in [-0.39, 0.29) is 17.3 Å². The molecule has 3 fully saturated rings. The van der Waals surface area contributed by atoms with Gasteiger partial charge in [-0.2, -0.15) is 0 Å². The number of hydrogen-bond acceptors (Lipinski definition) is 3. The molecule has 0 aromatic heterocycles. The Morgan fingerprint density at radius 3 is 2.67 bits per heavy atom. The Kier molecular flexibility index (Phi) is 5.30. The molecule has 0 radical (unpaired) electrons. The third-order valence-corrected chi connectivity index (χ3v) is 8.22. The number of carbonyl (C=O) groups is 1. The summed E-state index contributed by atoms with van der Waals surface area (Å²) in [4.78, 5) is 12.4. The van der Waals surface area contributed by atoms with Gasteiger partial charge in [0.2, 0.25) is 0 Å². The lowest BCUT2D eigenvalue weighted by Crippen LogP contribution is -2.54. The van der Waals surface area contributed by atoms with E-state index in [1.807, 2.05) is 0 Å². The van der Waals surface area contributed by atoms with Gasteiger partial charge in [-0.3, -0.25) is 4.79 Å². The summed E-state index contributed by atoms with van der Waals surface area (Å²) >= 11 is 0. The van der Waals surface area contributed by atoms with Crippen LogP contribution in [0.15, 0.2) is 0 Å². The molecule has 3 heteroatoms. The zero-order chi connectivity index (χ0) is 17.4. The number of fused-ring (bicyclic) bond motifs is 1. The molecule has 3 nitrogen and oxygen atoms in total. The van der Waals surface area contributed by atoms with Gasteiger partial charge in [0.05, 0.1) is 13.0 Å². The minimum atomic E-state index is 0.0308. The topological polar surface area (TPSA) is 35.5 Å². The van der Waals surface area contributed by atoms with Gasteiger partial charge in [0, 0.05) is 13.2 Å². The van der Waals surface area contributed by atoms with Crippen molar-refractivity contribution in [3.05, 3.63) is 0 Å². The van der Waals surface area contributed by atoms with E-state index >= 15 is 0 Å². The highest BCUT2D eigenvalue weighted by atomic mass is 16.5. The van der Waals surface area contributed by atoms with Gasteiger partial charge < -0.3 is 9.47 Å². The highest BCUT2D eigenvalue weighted by Crippen LogP contribution is 2.63. The lowest BCUT2D eigenvalue weighted by molar-refractivity contribution is -0.167. The first-order chi connectivity index (χ1) is 11.4. The van der Waals surface area contributed by atoms with Crippen molar-refractivity contribution in [1.29, 1.82) is 0 Å². The molecule has 1 saturated heterocycles. The lowest BCUT2D eigenvalue weighted by Gasteiger charge is -2.60. The Morgan fingerprint density at radius 2 is 2.00 bits per heavy atom. The summed E-state index contributed by atoms with van der Waals surface area (Å²) in [6, 6.07) is 0. The third-order valence-electron chi connectivity index (χ3n) is 8.22. The maximum absolute atomic E-state index is 12.4. The average Bonchev–Trinajstić information content (AvgIpc) is 3.09. The molecule has 3 rings (SSSR count). The van der Waals surface area contributed by atoms with Crippen LogP contribution in [0.2, 0.25) is 0 Å². The standard InChI is InChI=1S/C21H36O3/c1-15-8-11-21(3)17(19(22)23-4)6-5-7-18(21)20(15,2)12-9-16-10-13-24-14-16/h15-18H,5-14H2,1-4H3/t15-,16?,17+,18-,20+,21+/m0/s1. The second kappa shape index (κ2) is 6.97. The average molecular weight is 337 g/mol. The van der Waals surface area contributed by atoms with E-state index in [4.69, 9.17) is 9.47 Å². The minimum absolute atomic E-state index is 0.0308. The van der Waals surface area contributed by atoms with Crippen LogP contribution in [0, 0.1) is 34.5 Å². The monoisotopic (exact) mass is 336 g/mol. The van der Waals surface area contributed by atoms with Crippen molar-refractivity contribution in [1.82, 2.24) is 0 Å². The first-order valence-electron chi connectivity index (χ1n) is 10.1. The zero-order valence-corrected chi connectivity index (χ0v) is 16.1. The number of methoxy groups -OCH3 is 1. The van der Waals surface area contributed by atoms with Crippen molar-refractivity contribution in [3.63, 3.8) is 0 Å². The highest BCUT2D eigenvalue weighted by Gasteiger charge is 2.57. The van der Waals surface area contributed by atoms with E-state index < -0.39 is 0 Å². The van der Waals surface area contributed by atoms with E-state index in [1.165, 1.54) is 44.9 Å². The molecule has 1 heterocycles. The SMILES string of the molecule is COC(=O)[C@H]1CCC[C@@H]2[C@]1(C)CC[C@H](C)[C@@]2(C)CCC1CCOC1. The van der Waals surface area contributed by atoms with Crippen LogP contribution in [0.5, 0.6) is 0 Å².